The van der Waals surface area contributed by atoms with E-state index in [-0.39, 0.29) is 0 Å². The fraction of sp³-hybridized carbons (Fsp3) is 0.429. The highest BCUT2D eigenvalue weighted by Gasteiger charge is 2.22. The summed E-state index contributed by atoms with van der Waals surface area (Å²) in [6.45, 7) is 3.84. The van der Waals surface area contributed by atoms with Crippen molar-refractivity contribution in [3.8, 4) is 11.4 Å². The molecule has 1 aliphatic heterocycles. The van der Waals surface area contributed by atoms with Crippen LogP contribution in [0.2, 0.25) is 0 Å². The topological polar surface area (TPSA) is 56.7 Å². The van der Waals surface area contributed by atoms with Gasteiger partial charge in [0.25, 0.3) is 0 Å². The van der Waals surface area contributed by atoms with E-state index < -0.39 is 0 Å². The third kappa shape index (κ3) is 1.82. The van der Waals surface area contributed by atoms with Crippen molar-refractivity contribution in [2.75, 3.05) is 6.54 Å². The number of benzene rings is 1. The number of aromatic nitrogens is 3. The Kier molecular flexibility index (Phi) is 2.88. The van der Waals surface area contributed by atoms with Crippen molar-refractivity contribution in [2.45, 2.75) is 26.3 Å². The minimum absolute atomic E-state index is 0.562. The summed E-state index contributed by atoms with van der Waals surface area (Å²) in [5, 5.41) is 8.70. The summed E-state index contributed by atoms with van der Waals surface area (Å²) in [4.78, 5) is 0. The van der Waals surface area contributed by atoms with Gasteiger partial charge in [-0.2, -0.15) is 0 Å². The molecular formula is C14H18N4. The van der Waals surface area contributed by atoms with Gasteiger partial charge in [0.1, 0.15) is 5.82 Å². The standard InChI is InChI=1S/C14H18N4/c1-10-4-2-3-5-12(10)14-17-16-13-8-11(9-15)6-7-18(13)14/h2-5,11H,6-9,15H2,1H3. The van der Waals surface area contributed by atoms with Gasteiger partial charge in [-0.05, 0) is 31.4 Å². The molecule has 1 unspecified atom stereocenters. The molecule has 1 aromatic carbocycles. The molecule has 0 spiro atoms. The Morgan fingerprint density at radius 1 is 1.33 bits per heavy atom. The normalized spacial score (nSPS) is 18.7. The van der Waals surface area contributed by atoms with Crippen LogP contribution in [-0.2, 0) is 13.0 Å². The van der Waals surface area contributed by atoms with Gasteiger partial charge in [-0.15, -0.1) is 10.2 Å². The second-order valence-corrected chi connectivity index (χ2v) is 5.00. The van der Waals surface area contributed by atoms with Gasteiger partial charge in [0, 0.05) is 18.5 Å². The van der Waals surface area contributed by atoms with E-state index in [1.807, 2.05) is 0 Å². The zero-order valence-corrected chi connectivity index (χ0v) is 10.6. The van der Waals surface area contributed by atoms with Crippen molar-refractivity contribution in [1.29, 1.82) is 0 Å². The van der Waals surface area contributed by atoms with Gasteiger partial charge >= 0.3 is 0 Å². The molecule has 1 aliphatic rings. The van der Waals surface area contributed by atoms with Crippen LogP contribution in [0.1, 0.15) is 17.8 Å². The van der Waals surface area contributed by atoms with Gasteiger partial charge in [0.15, 0.2) is 5.82 Å². The minimum Gasteiger partial charge on any atom is -0.330 e. The van der Waals surface area contributed by atoms with Crippen molar-refractivity contribution < 1.29 is 0 Å². The van der Waals surface area contributed by atoms with Crippen molar-refractivity contribution in [3.05, 3.63) is 35.7 Å². The summed E-state index contributed by atoms with van der Waals surface area (Å²) in [7, 11) is 0. The van der Waals surface area contributed by atoms with Gasteiger partial charge in [-0.25, -0.2) is 0 Å². The highest BCUT2D eigenvalue weighted by Crippen LogP contribution is 2.26. The summed E-state index contributed by atoms with van der Waals surface area (Å²) < 4.78 is 2.24. The zero-order valence-electron chi connectivity index (χ0n) is 10.6. The molecule has 94 valence electrons. The molecule has 0 amide bonds. The molecule has 1 atom stereocenters. The summed E-state index contributed by atoms with van der Waals surface area (Å²) in [5.74, 6) is 2.64. The van der Waals surface area contributed by atoms with E-state index in [0.717, 1.165) is 37.6 Å². The van der Waals surface area contributed by atoms with Crippen LogP contribution in [0.3, 0.4) is 0 Å². The van der Waals surface area contributed by atoms with Gasteiger partial charge in [0.2, 0.25) is 0 Å². The molecule has 0 saturated carbocycles. The SMILES string of the molecule is Cc1ccccc1-c1nnc2n1CCC(CN)C2. The Morgan fingerprint density at radius 3 is 2.94 bits per heavy atom. The fourth-order valence-electron chi connectivity index (χ4n) is 2.62. The first-order valence-electron chi connectivity index (χ1n) is 6.47. The van der Waals surface area contributed by atoms with Gasteiger partial charge in [0.05, 0.1) is 0 Å². The lowest BCUT2D eigenvalue weighted by Crippen LogP contribution is -2.25. The molecule has 18 heavy (non-hydrogen) atoms. The summed E-state index contributed by atoms with van der Waals surface area (Å²) in [6, 6.07) is 8.33. The number of nitrogens with two attached hydrogens (primary N) is 1. The van der Waals surface area contributed by atoms with E-state index in [4.69, 9.17) is 5.73 Å². The molecule has 2 heterocycles. The number of aryl methyl sites for hydroxylation is 1. The Morgan fingerprint density at radius 2 is 2.17 bits per heavy atom. The number of hydrogen-bond donors (Lipinski definition) is 1. The van der Waals surface area contributed by atoms with Crippen LogP contribution in [0, 0.1) is 12.8 Å². The zero-order chi connectivity index (χ0) is 12.5. The first kappa shape index (κ1) is 11.4. The third-order valence-corrected chi connectivity index (χ3v) is 3.78. The van der Waals surface area contributed by atoms with Gasteiger partial charge < -0.3 is 10.3 Å². The maximum atomic E-state index is 5.74. The van der Waals surface area contributed by atoms with Crippen LogP contribution in [0.15, 0.2) is 24.3 Å². The molecule has 4 heteroatoms. The number of rotatable bonds is 2. The molecule has 2 N–H and O–H groups in total. The maximum Gasteiger partial charge on any atom is 0.164 e. The number of hydrogen-bond acceptors (Lipinski definition) is 3. The van der Waals surface area contributed by atoms with E-state index in [1.54, 1.807) is 0 Å². The van der Waals surface area contributed by atoms with E-state index in [2.05, 4.69) is 46.0 Å². The van der Waals surface area contributed by atoms with Crippen LogP contribution in [-0.4, -0.2) is 21.3 Å². The van der Waals surface area contributed by atoms with Crippen LogP contribution in [0.25, 0.3) is 11.4 Å². The smallest absolute Gasteiger partial charge is 0.164 e. The average molecular weight is 242 g/mol. The monoisotopic (exact) mass is 242 g/mol. The number of nitrogens with zero attached hydrogens (tertiary/aromatic N) is 3. The lowest BCUT2D eigenvalue weighted by molar-refractivity contribution is 0.391. The highest BCUT2D eigenvalue weighted by atomic mass is 15.3. The number of fused-ring (bicyclic) bond motifs is 1. The van der Waals surface area contributed by atoms with Gasteiger partial charge in [-0.1, -0.05) is 24.3 Å². The summed E-state index contributed by atoms with van der Waals surface area (Å²) in [5.41, 5.74) is 8.17. The van der Waals surface area contributed by atoms with Crippen molar-refractivity contribution in [1.82, 2.24) is 14.8 Å². The maximum absolute atomic E-state index is 5.74. The molecule has 0 radical (unpaired) electrons. The molecule has 0 saturated heterocycles. The first-order valence-corrected chi connectivity index (χ1v) is 6.47. The van der Waals surface area contributed by atoms with Crippen LogP contribution in [0.5, 0.6) is 0 Å². The highest BCUT2D eigenvalue weighted by molar-refractivity contribution is 5.60. The Labute approximate surface area is 107 Å². The molecular weight excluding hydrogens is 224 g/mol. The third-order valence-electron chi connectivity index (χ3n) is 3.78. The van der Waals surface area contributed by atoms with Crippen molar-refractivity contribution in [3.63, 3.8) is 0 Å². The average Bonchev–Trinajstić information content (AvgIpc) is 2.82. The second kappa shape index (κ2) is 4.53. The first-order chi connectivity index (χ1) is 8.79. The van der Waals surface area contributed by atoms with E-state index in [0.29, 0.717) is 5.92 Å². The van der Waals surface area contributed by atoms with Crippen LogP contribution in [0.4, 0.5) is 0 Å². The molecule has 1 aromatic heterocycles. The van der Waals surface area contributed by atoms with E-state index in [9.17, 15) is 0 Å². The largest absolute Gasteiger partial charge is 0.330 e. The van der Waals surface area contributed by atoms with E-state index >= 15 is 0 Å². The second-order valence-electron chi connectivity index (χ2n) is 5.00. The quantitative estimate of drug-likeness (QED) is 0.873. The molecule has 0 fully saturated rings. The van der Waals surface area contributed by atoms with Crippen LogP contribution < -0.4 is 5.73 Å². The minimum atomic E-state index is 0.562. The molecule has 2 aromatic rings. The Bertz CT molecular complexity index is 559. The van der Waals surface area contributed by atoms with E-state index in [1.165, 1.54) is 11.1 Å². The van der Waals surface area contributed by atoms with Crippen molar-refractivity contribution in [2.24, 2.45) is 11.7 Å². The predicted molar refractivity (Wildman–Crippen MR) is 71.1 cm³/mol. The van der Waals surface area contributed by atoms with Gasteiger partial charge in [-0.3, -0.25) is 0 Å². The van der Waals surface area contributed by atoms with Crippen molar-refractivity contribution >= 4 is 0 Å². The molecule has 0 bridgehead atoms. The predicted octanol–water partition coefficient (Wildman–Crippen LogP) is 1.77. The summed E-state index contributed by atoms with van der Waals surface area (Å²) >= 11 is 0. The Balaban J connectivity index is 2.01. The molecule has 0 aliphatic carbocycles. The fourth-order valence-corrected chi connectivity index (χ4v) is 2.62. The van der Waals surface area contributed by atoms with Crippen LogP contribution >= 0.6 is 0 Å². The summed E-state index contributed by atoms with van der Waals surface area (Å²) in [6.07, 6.45) is 2.08. The molecule has 3 rings (SSSR count). The molecule has 4 nitrogen and oxygen atoms in total. The lowest BCUT2D eigenvalue weighted by atomic mass is 9.97. The Hall–Kier alpha value is -1.68. The lowest BCUT2D eigenvalue weighted by Gasteiger charge is -2.22.